The van der Waals surface area contributed by atoms with Crippen molar-refractivity contribution in [1.29, 1.82) is 0 Å². The maximum Gasteiger partial charge on any atom is 0.0972 e. The molecule has 29 heavy (non-hydrogen) atoms. The second-order valence-electron chi connectivity index (χ2n) is 6.36. The van der Waals surface area contributed by atoms with Gasteiger partial charge in [0.15, 0.2) is 0 Å². The lowest BCUT2D eigenvalue weighted by Crippen LogP contribution is -1.93. The zero-order chi connectivity index (χ0) is 20.5. The number of nitrogens with zero attached hydrogens (tertiary/aromatic N) is 1. The summed E-state index contributed by atoms with van der Waals surface area (Å²) >= 11 is 15.6. The molecule has 3 rings (SSSR count). The second-order valence-corrected chi connectivity index (χ2v) is 9.27. The Morgan fingerprint density at radius 3 is 2.45 bits per heavy atom. The highest BCUT2D eigenvalue weighted by Crippen LogP contribution is 2.30. The number of aryl methyl sites for hydroxylation is 2. The van der Waals surface area contributed by atoms with E-state index >= 15 is 0 Å². The van der Waals surface area contributed by atoms with Gasteiger partial charge < -0.3 is 0 Å². The molecule has 0 heterocycles. The molecule has 0 aromatic heterocycles. The fourth-order valence-electron chi connectivity index (χ4n) is 2.52. The Hall–Kier alpha value is -1.65. The van der Waals surface area contributed by atoms with E-state index in [-0.39, 0.29) is 0 Å². The van der Waals surface area contributed by atoms with Crippen LogP contribution in [-0.2, 0) is 6.42 Å². The van der Waals surface area contributed by atoms with Gasteiger partial charge in [-0.1, -0.05) is 83.0 Å². The zero-order valence-electron chi connectivity index (χ0n) is 16.0. The molecule has 0 bridgehead atoms. The largest absolute Gasteiger partial charge is 0.242 e. The second kappa shape index (κ2) is 11.5. The molecule has 0 saturated heterocycles. The van der Waals surface area contributed by atoms with Crippen LogP contribution in [0.1, 0.15) is 11.1 Å². The molecule has 0 aliphatic rings. The minimum atomic E-state index is 0.640. The first-order valence-electron chi connectivity index (χ1n) is 9.20. The number of rotatable bonds is 7. The Kier molecular flexibility index (Phi) is 8.75. The van der Waals surface area contributed by atoms with Crippen molar-refractivity contribution in [3.05, 3.63) is 105 Å². The number of hydrogen-bond acceptors (Lipinski definition) is 3. The van der Waals surface area contributed by atoms with Crippen LogP contribution in [0, 0.1) is 6.92 Å². The molecule has 0 aliphatic carbocycles. The number of benzene rings is 3. The monoisotopic (exact) mass is 457 g/mol. The summed E-state index contributed by atoms with van der Waals surface area (Å²) in [6.07, 6.45) is 3.05. The van der Waals surface area contributed by atoms with Crippen molar-refractivity contribution in [3.8, 4) is 0 Å². The fourth-order valence-corrected chi connectivity index (χ4v) is 4.69. The van der Waals surface area contributed by atoms with Gasteiger partial charge in [0.1, 0.15) is 0 Å². The van der Waals surface area contributed by atoms with Crippen molar-refractivity contribution < 1.29 is 0 Å². The Morgan fingerprint density at radius 2 is 1.72 bits per heavy atom. The van der Waals surface area contributed by atoms with Gasteiger partial charge in [-0.05, 0) is 60.7 Å². The van der Waals surface area contributed by atoms with Gasteiger partial charge in [-0.2, -0.15) is 0 Å². The molecule has 0 amide bonds. The summed E-state index contributed by atoms with van der Waals surface area (Å²) < 4.78 is 0. The Labute approximate surface area is 191 Å². The van der Waals surface area contributed by atoms with Crippen molar-refractivity contribution in [2.24, 2.45) is 4.99 Å². The van der Waals surface area contributed by atoms with Crippen LogP contribution in [0.5, 0.6) is 0 Å². The van der Waals surface area contributed by atoms with Crippen LogP contribution in [0.2, 0.25) is 10.0 Å². The van der Waals surface area contributed by atoms with Crippen LogP contribution >= 0.6 is 46.7 Å². The van der Waals surface area contributed by atoms with Gasteiger partial charge in [0, 0.05) is 15.7 Å². The molecule has 0 atom stereocenters. The number of thioether (sulfide) groups is 2. The van der Waals surface area contributed by atoms with E-state index in [1.807, 2.05) is 41.8 Å². The average Bonchev–Trinajstić information content (AvgIpc) is 2.72. The van der Waals surface area contributed by atoms with E-state index in [1.54, 1.807) is 29.6 Å². The molecule has 0 spiro atoms. The van der Waals surface area contributed by atoms with Gasteiger partial charge in [-0.3, -0.25) is 0 Å². The summed E-state index contributed by atoms with van der Waals surface area (Å²) in [6, 6.07) is 24.3. The van der Waals surface area contributed by atoms with Crippen molar-refractivity contribution in [2.75, 3.05) is 5.75 Å². The van der Waals surface area contributed by atoms with E-state index in [1.165, 1.54) is 11.1 Å². The van der Waals surface area contributed by atoms with Crippen LogP contribution in [0.4, 0.5) is 5.69 Å². The summed E-state index contributed by atoms with van der Waals surface area (Å²) in [4.78, 5) is 5.79. The van der Waals surface area contributed by atoms with Gasteiger partial charge in [0.2, 0.25) is 0 Å². The molecule has 3 aromatic rings. The highest BCUT2D eigenvalue weighted by atomic mass is 35.5. The summed E-state index contributed by atoms with van der Waals surface area (Å²) in [5.41, 5.74) is 3.52. The van der Waals surface area contributed by atoms with Crippen LogP contribution < -0.4 is 0 Å². The first kappa shape index (κ1) is 22.0. The standard InChI is InChI=1S/C24H21Cl2NS2/c1-18-7-10-21(11-8-18)27-24(29-15-13-19-5-3-2-4-6-19)14-16-28-23-12-9-20(25)17-22(23)26/h2-12,14,16-17H,13,15H2,1H3. The summed E-state index contributed by atoms with van der Waals surface area (Å²) in [5, 5.41) is 4.29. The minimum absolute atomic E-state index is 0.640. The first-order chi connectivity index (χ1) is 14.1. The third kappa shape index (κ3) is 7.60. The maximum absolute atomic E-state index is 6.27. The average molecular weight is 458 g/mol. The quantitative estimate of drug-likeness (QED) is 0.200. The van der Waals surface area contributed by atoms with Gasteiger partial charge in [-0.25, -0.2) is 4.99 Å². The third-order valence-electron chi connectivity index (χ3n) is 4.06. The van der Waals surface area contributed by atoms with Crippen molar-refractivity contribution in [3.63, 3.8) is 0 Å². The minimum Gasteiger partial charge on any atom is -0.242 e. The van der Waals surface area contributed by atoms with Gasteiger partial charge in [0.25, 0.3) is 0 Å². The molecular weight excluding hydrogens is 437 g/mol. The Bertz CT molecular complexity index is 984. The Balaban J connectivity index is 1.69. The molecule has 148 valence electrons. The molecule has 0 radical (unpaired) electrons. The molecule has 0 aliphatic heterocycles. The van der Waals surface area contributed by atoms with E-state index in [9.17, 15) is 0 Å². The van der Waals surface area contributed by atoms with Crippen molar-refractivity contribution >= 4 is 57.5 Å². The first-order valence-corrected chi connectivity index (χ1v) is 11.8. The normalized spacial score (nSPS) is 11.9. The molecule has 0 N–H and O–H groups in total. The molecule has 0 fully saturated rings. The zero-order valence-corrected chi connectivity index (χ0v) is 19.2. The summed E-state index contributed by atoms with van der Waals surface area (Å²) in [7, 11) is 0. The van der Waals surface area contributed by atoms with Gasteiger partial charge in [0.05, 0.1) is 15.8 Å². The van der Waals surface area contributed by atoms with Gasteiger partial charge >= 0.3 is 0 Å². The van der Waals surface area contributed by atoms with Crippen LogP contribution in [-0.4, -0.2) is 10.8 Å². The number of halogens is 2. The van der Waals surface area contributed by atoms with E-state index in [0.29, 0.717) is 10.0 Å². The molecular formula is C24H21Cl2NS2. The number of aliphatic imine (C=N–C) groups is 1. The lowest BCUT2D eigenvalue weighted by atomic mass is 10.2. The molecule has 5 heteroatoms. The van der Waals surface area contributed by atoms with E-state index in [0.717, 1.165) is 27.8 Å². The van der Waals surface area contributed by atoms with E-state index < -0.39 is 0 Å². The molecule has 1 nitrogen and oxygen atoms in total. The maximum atomic E-state index is 6.27. The fraction of sp³-hybridized carbons (Fsp3) is 0.125. The van der Waals surface area contributed by atoms with Crippen molar-refractivity contribution in [2.45, 2.75) is 18.2 Å². The van der Waals surface area contributed by atoms with Crippen LogP contribution in [0.25, 0.3) is 0 Å². The van der Waals surface area contributed by atoms with Crippen LogP contribution in [0.3, 0.4) is 0 Å². The van der Waals surface area contributed by atoms with Crippen molar-refractivity contribution in [1.82, 2.24) is 0 Å². The smallest absolute Gasteiger partial charge is 0.0972 e. The number of hydrogen-bond donors (Lipinski definition) is 0. The summed E-state index contributed by atoms with van der Waals surface area (Å²) in [5.74, 6) is 0.964. The Morgan fingerprint density at radius 1 is 0.966 bits per heavy atom. The molecule has 3 aromatic carbocycles. The van der Waals surface area contributed by atoms with E-state index in [4.69, 9.17) is 28.2 Å². The predicted octanol–water partition coefficient (Wildman–Crippen LogP) is 8.61. The SMILES string of the molecule is Cc1ccc(N=C(C=CSc2ccc(Cl)cc2Cl)SCCc2ccccc2)cc1. The van der Waals surface area contributed by atoms with E-state index in [2.05, 4.69) is 43.3 Å². The highest BCUT2D eigenvalue weighted by molar-refractivity contribution is 8.14. The van der Waals surface area contributed by atoms with Crippen LogP contribution in [0.15, 0.2) is 94.2 Å². The summed E-state index contributed by atoms with van der Waals surface area (Å²) in [6.45, 7) is 2.08. The lowest BCUT2D eigenvalue weighted by Gasteiger charge is -2.04. The topological polar surface area (TPSA) is 12.4 Å². The lowest BCUT2D eigenvalue weighted by molar-refractivity contribution is 1.16. The van der Waals surface area contributed by atoms with Gasteiger partial charge in [-0.15, -0.1) is 11.8 Å². The molecule has 0 unspecified atom stereocenters. The highest BCUT2D eigenvalue weighted by Gasteiger charge is 2.02. The third-order valence-corrected chi connectivity index (χ3v) is 6.53. The predicted molar refractivity (Wildman–Crippen MR) is 132 cm³/mol. The molecule has 0 saturated carbocycles.